The number of methoxy groups -OCH3 is 1. The molecule has 0 amide bonds. The van der Waals surface area contributed by atoms with E-state index in [0.29, 0.717) is 6.54 Å². The van der Waals surface area contributed by atoms with E-state index < -0.39 is 136 Å². The number of aliphatic hydroxyl groups excluding tert-OH is 4. The Morgan fingerprint density at radius 1 is 0.688 bits per heavy atom. The average Bonchev–Trinajstić information content (AvgIpc) is 4.20. The van der Waals surface area contributed by atoms with E-state index in [0.717, 1.165) is 22.6 Å². The lowest BCUT2D eigenvalue weighted by Crippen LogP contribution is -2.38. The summed E-state index contributed by atoms with van der Waals surface area (Å²) in [4.78, 5) is 97.1. The summed E-state index contributed by atoms with van der Waals surface area (Å²) in [5.74, 6) is 0.171. The Kier molecular flexibility index (Phi) is 15.9. The van der Waals surface area contributed by atoms with Crippen molar-refractivity contribution in [2.24, 2.45) is 7.05 Å². The molecule has 9 unspecified atom stereocenters. The first-order valence-electron chi connectivity index (χ1n) is 22.4. The maximum Gasteiger partial charge on any atom is 0.490 e. The lowest BCUT2D eigenvalue weighted by molar-refractivity contribution is -0.646. The van der Waals surface area contributed by atoms with Crippen LogP contribution in [0.2, 0.25) is 0 Å². The molecule has 0 spiro atoms. The number of aromatic nitrogens is 12. The van der Waals surface area contributed by atoms with Crippen LogP contribution in [0.15, 0.2) is 34.9 Å². The highest BCUT2D eigenvalue weighted by molar-refractivity contribution is 7.66. The molecule has 6 aromatic heterocycles. The quantitative estimate of drug-likeness (QED) is 0.0250. The number of nitrogens with zero attached hydrogens (tertiary/aromatic N) is 10. The van der Waals surface area contributed by atoms with Crippen molar-refractivity contribution in [2.75, 3.05) is 44.5 Å². The number of fused-ring (bicyclic) bond motifs is 3. The Morgan fingerprint density at radius 3 is 1.86 bits per heavy atom. The molecule has 422 valence electrons. The van der Waals surface area contributed by atoms with Crippen LogP contribution in [0.3, 0.4) is 0 Å². The van der Waals surface area contributed by atoms with E-state index in [1.165, 1.54) is 42.1 Å². The number of hydrogen-bond acceptors (Lipinski definition) is 28. The minimum atomic E-state index is -6.20. The summed E-state index contributed by atoms with van der Waals surface area (Å²) in [5.41, 5.74) is 4.46. The van der Waals surface area contributed by atoms with Crippen molar-refractivity contribution in [1.82, 2.24) is 53.6 Å². The molecule has 9 rings (SSSR count). The molecule has 6 aromatic rings. The Balaban J connectivity index is 0.873. The summed E-state index contributed by atoms with van der Waals surface area (Å²) in [6.07, 6.45) is -15.2. The lowest BCUT2D eigenvalue weighted by atomic mass is 10.1. The van der Waals surface area contributed by atoms with E-state index in [9.17, 15) is 67.8 Å². The molecule has 42 heteroatoms. The zero-order valence-electron chi connectivity index (χ0n) is 40.0. The Labute approximate surface area is 428 Å². The van der Waals surface area contributed by atoms with Crippen molar-refractivity contribution in [2.45, 2.75) is 87.5 Å². The van der Waals surface area contributed by atoms with E-state index in [1.807, 2.05) is 0 Å². The molecule has 38 nitrogen and oxygen atoms in total. The number of phosphoric acid groups is 4. The molecule has 77 heavy (non-hydrogen) atoms. The zero-order valence-corrected chi connectivity index (χ0v) is 43.6. The monoisotopic (exact) mass is 1170 g/mol. The van der Waals surface area contributed by atoms with Gasteiger partial charge in [0.25, 0.3) is 16.7 Å². The molecule has 0 aromatic carbocycles. The topological polar surface area (TPSA) is 522 Å². The molecule has 0 radical (unpaired) electrons. The van der Waals surface area contributed by atoms with Gasteiger partial charge >= 0.3 is 36.9 Å². The molecule has 3 saturated heterocycles. The van der Waals surface area contributed by atoms with Crippen LogP contribution in [0.1, 0.15) is 31.4 Å². The van der Waals surface area contributed by atoms with Gasteiger partial charge in [-0.1, -0.05) is 0 Å². The summed E-state index contributed by atoms with van der Waals surface area (Å²) in [7, 11) is -20.9. The van der Waals surface area contributed by atoms with Crippen LogP contribution in [-0.4, -0.2) is 182 Å². The normalized spacial score (nSPS) is 30.0. The third kappa shape index (κ3) is 11.6. The van der Waals surface area contributed by atoms with E-state index >= 15 is 0 Å². The molecule has 3 aliphatic rings. The van der Waals surface area contributed by atoms with Gasteiger partial charge in [0, 0.05) is 13.7 Å². The van der Waals surface area contributed by atoms with Crippen molar-refractivity contribution >= 4 is 76.5 Å². The van der Waals surface area contributed by atoms with Crippen molar-refractivity contribution < 1.29 is 108 Å². The van der Waals surface area contributed by atoms with Gasteiger partial charge in [0.2, 0.25) is 18.5 Å². The molecule has 0 bridgehead atoms. The lowest BCUT2D eigenvalue weighted by Gasteiger charge is -2.26. The smallest absolute Gasteiger partial charge is 0.387 e. The van der Waals surface area contributed by atoms with Crippen LogP contribution in [0.5, 0.6) is 0 Å². The Bertz CT molecular complexity index is 3510. The first-order valence-corrected chi connectivity index (χ1v) is 28.4. The number of nitrogens with one attached hydrogen (secondary N) is 3. The third-order valence-electron chi connectivity index (χ3n) is 12.0. The zero-order chi connectivity index (χ0) is 55.7. The number of phosphoric ester groups is 3. The fraction of sp³-hybridized carbons (Fsp3) is 0.571. The number of aromatic amines is 2. The van der Waals surface area contributed by atoms with Crippen LogP contribution in [0.4, 0.5) is 11.8 Å². The van der Waals surface area contributed by atoms with Gasteiger partial charge in [0.1, 0.15) is 67.1 Å². The van der Waals surface area contributed by atoms with Gasteiger partial charge in [-0.05, 0) is 13.8 Å². The second-order valence-corrected chi connectivity index (χ2v) is 23.2. The molecule has 9 heterocycles. The summed E-state index contributed by atoms with van der Waals surface area (Å²) < 4.78 is 110. The Morgan fingerprint density at radius 2 is 1.25 bits per heavy atom. The number of aryl methyl sites for hydroxylation is 2. The third-order valence-corrected chi connectivity index (χ3v) is 17.2. The molecular weight excluding hydrogens is 1120 g/mol. The largest absolute Gasteiger partial charge is 0.490 e. The maximum atomic E-state index is 13.8. The van der Waals surface area contributed by atoms with Gasteiger partial charge in [-0.2, -0.15) is 18.2 Å². The van der Waals surface area contributed by atoms with Crippen LogP contribution in [0, 0.1) is 6.92 Å². The second kappa shape index (κ2) is 21.6. The average molecular weight is 1170 g/mol. The molecular formula is C35H49N14O24P4+. The standard InChI is InChI=1S/C35H48N14O24P4/c1-5-37-26-17-27(39-9-38-26)47(10-40-17)34-25(64-4)24(71-74(56,57)65-6-14-20(50)22(52)32(68-14)48-11-41-18-28(48)42-13(2)43-30(18)54)16(70-34)8-67-76(60,61)73-77(62,63)72-75(58,59)66-7-15-21(51)23(53)33(69-15)49-12-46(3)19-29(49)44-35(36)45-31(19)55/h9-12,14-16,20-25,32-34,50-53H,5-8H2,1-4H3,(H8-,36,37,38,39,42,43,44,45,54,55,56,57,58,59,60,61,62,63)/p+1/t14-,15?,16-,20?,21?,22+,23?,24?,25+,32-,33-,34-/m1/s1. The van der Waals surface area contributed by atoms with Gasteiger partial charge in [0.15, 0.2) is 40.6 Å². The van der Waals surface area contributed by atoms with E-state index in [2.05, 4.69) is 53.8 Å². The summed E-state index contributed by atoms with van der Waals surface area (Å²) in [5, 5.41) is 46.3. The van der Waals surface area contributed by atoms with Crippen LogP contribution < -0.4 is 26.7 Å². The maximum absolute atomic E-state index is 13.8. The minimum absolute atomic E-state index is 0.0192. The predicted octanol–water partition coefficient (Wildman–Crippen LogP) is -3.13. The van der Waals surface area contributed by atoms with Crippen LogP contribution in [-0.2, 0) is 71.0 Å². The number of H-pyrrole nitrogens is 2. The SMILES string of the molecule is CCNc1ncnc2c1ncn2[C@@H]1O[C@H](COP(=O)(O)OP(=O)(O)OP(=O)(O)OCC2O[C@@H](n3c[n+](C)c4c(=O)[nH]c(N)nc43)C(O)C2O)C(OP(=O)(O)OC[C@H]2O[C@@H](n3cnc4c(=O)[nH]c(C)nc43)[C@@H](O)C2O)[C@@H]1OC. The second-order valence-electron chi connectivity index (χ2n) is 17.2. The van der Waals surface area contributed by atoms with Gasteiger partial charge in [0.05, 0.1) is 39.5 Å². The molecule has 13 N–H and O–H groups in total. The van der Waals surface area contributed by atoms with Gasteiger partial charge in [-0.25, -0.2) is 47.7 Å². The summed E-state index contributed by atoms with van der Waals surface area (Å²) in [6.45, 7) is 0.349. The van der Waals surface area contributed by atoms with Crippen molar-refractivity contribution in [3.05, 3.63) is 51.8 Å². The summed E-state index contributed by atoms with van der Waals surface area (Å²) in [6, 6.07) is 0. The van der Waals surface area contributed by atoms with E-state index in [4.69, 9.17) is 42.8 Å². The molecule has 3 aliphatic heterocycles. The number of nitrogens with two attached hydrogens (primary N) is 1. The predicted molar refractivity (Wildman–Crippen MR) is 249 cm³/mol. The van der Waals surface area contributed by atoms with E-state index in [-0.39, 0.29) is 51.1 Å². The highest BCUT2D eigenvalue weighted by atomic mass is 31.3. The molecule has 3 fully saturated rings. The van der Waals surface area contributed by atoms with Crippen molar-refractivity contribution in [3.63, 3.8) is 0 Å². The van der Waals surface area contributed by atoms with Gasteiger partial charge in [-0.15, -0.1) is 0 Å². The fourth-order valence-corrected chi connectivity index (χ4v) is 13.1. The number of nitrogen functional groups attached to an aromatic ring is 1. The minimum Gasteiger partial charge on any atom is -0.387 e. The van der Waals surface area contributed by atoms with Gasteiger partial charge in [-0.3, -0.25) is 41.8 Å². The van der Waals surface area contributed by atoms with Crippen LogP contribution >= 0.6 is 31.3 Å². The van der Waals surface area contributed by atoms with Crippen LogP contribution in [0.25, 0.3) is 33.5 Å². The molecule has 0 saturated carbocycles. The Hall–Kier alpha value is -4.95. The van der Waals surface area contributed by atoms with Crippen molar-refractivity contribution in [1.29, 1.82) is 0 Å². The number of anilines is 2. The number of ether oxygens (including phenoxy) is 4. The molecule has 0 aliphatic carbocycles. The number of aliphatic hydroxyl groups is 4. The highest BCUT2D eigenvalue weighted by Gasteiger charge is 2.54. The van der Waals surface area contributed by atoms with Gasteiger partial charge < -0.3 is 75.0 Å². The number of imidazole rings is 3. The highest BCUT2D eigenvalue weighted by Crippen LogP contribution is 2.68. The van der Waals surface area contributed by atoms with E-state index in [1.54, 1.807) is 6.92 Å². The first-order chi connectivity index (χ1) is 36.2. The first kappa shape index (κ1) is 56.8. The number of rotatable bonds is 21. The number of hydrogen-bond donors (Lipinski definition) is 12. The molecule has 16 atom stereocenters. The van der Waals surface area contributed by atoms with Crippen molar-refractivity contribution in [3.8, 4) is 0 Å². The fourth-order valence-electron chi connectivity index (χ4n) is 8.66. The summed E-state index contributed by atoms with van der Waals surface area (Å²) >= 11 is 0.